The fourth-order valence-electron chi connectivity index (χ4n) is 2.32. The Labute approximate surface area is 156 Å². The highest BCUT2D eigenvalue weighted by molar-refractivity contribution is 7.89. The molecule has 1 N–H and O–H groups in total. The molecule has 0 saturated carbocycles. The zero-order valence-electron chi connectivity index (χ0n) is 14.1. The number of nitrogens with zero attached hydrogens (tertiary/aromatic N) is 1. The minimum atomic E-state index is -3.64. The van der Waals surface area contributed by atoms with E-state index in [-0.39, 0.29) is 17.1 Å². The Hall–Kier alpha value is -3.23. The number of nitro benzene ring substituents is 1. The van der Waals surface area contributed by atoms with Crippen molar-refractivity contribution in [1.29, 1.82) is 0 Å². The highest BCUT2D eigenvalue weighted by atomic mass is 32.2. The second kappa shape index (κ2) is 7.98. The van der Waals surface area contributed by atoms with Gasteiger partial charge in [-0.05, 0) is 42.0 Å². The van der Waals surface area contributed by atoms with Crippen LogP contribution in [0.5, 0.6) is 11.5 Å². The molecule has 3 aromatic carbocycles. The van der Waals surface area contributed by atoms with Gasteiger partial charge in [0.15, 0.2) is 0 Å². The molecule has 3 aromatic rings. The van der Waals surface area contributed by atoms with Crippen LogP contribution in [0.3, 0.4) is 0 Å². The van der Waals surface area contributed by atoms with E-state index in [9.17, 15) is 18.5 Å². The lowest BCUT2D eigenvalue weighted by molar-refractivity contribution is -0.384. The number of rotatable bonds is 7. The fraction of sp³-hybridized carbons (Fsp3) is 0.0526. The zero-order valence-corrected chi connectivity index (χ0v) is 14.9. The van der Waals surface area contributed by atoms with E-state index in [1.54, 1.807) is 0 Å². The third kappa shape index (κ3) is 4.90. The number of sulfonamides is 1. The molecule has 3 rings (SSSR count). The molecule has 0 atom stereocenters. The van der Waals surface area contributed by atoms with E-state index >= 15 is 0 Å². The van der Waals surface area contributed by atoms with Crippen molar-refractivity contribution >= 4 is 15.7 Å². The third-order valence-electron chi connectivity index (χ3n) is 3.73. The van der Waals surface area contributed by atoms with Gasteiger partial charge in [-0.1, -0.05) is 30.3 Å². The van der Waals surface area contributed by atoms with Gasteiger partial charge in [-0.25, -0.2) is 13.1 Å². The van der Waals surface area contributed by atoms with E-state index in [2.05, 4.69) is 4.72 Å². The molecule has 0 aromatic heterocycles. The number of non-ortho nitro benzene ring substituents is 1. The summed E-state index contributed by atoms with van der Waals surface area (Å²) in [5.41, 5.74) is 0.826. The molecule has 0 fully saturated rings. The van der Waals surface area contributed by atoms with Crippen molar-refractivity contribution in [2.24, 2.45) is 0 Å². The van der Waals surface area contributed by atoms with Gasteiger partial charge in [0.2, 0.25) is 10.0 Å². The van der Waals surface area contributed by atoms with Gasteiger partial charge in [0.1, 0.15) is 11.5 Å². The number of benzene rings is 3. The lowest BCUT2D eigenvalue weighted by Crippen LogP contribution is -2.23. The van der Waals surface area contributed by atoms with Crippen LogP contribution in [0.2, 0.25) is 0 Å². The molecule has 0 amide bonds. The average Bonchev–Trinajstić information content (AvgIpc) is 2.68. The van der Waals surface area contributed by atoms with Crippen molar-refractivity contribution in [1.82, 2.24) is 4.72 Å². The van der Waals surface area contributed by atoms with Crippen molar-refractivity contribution in [2.75, 3.05) is 0 Å². The van der Waals surface area contributed by atoms with E-state index < -0.39 is 14.9 Å². The summed E-state index contributed by atoms with van der Waals surface area (Å²) in [6.07, 6.45) is 0. The van der Waals surface area contributed by atoms with Gasteiger partial charge >= 0.3 is 0 Å². The minimum Gasteiger partial charge on any atom is -0.457 e. The van der Waals surface area contributed by atoms with Crippen LogP contribution in [-0.2, 0) is 16.6 Å². The zero-order chi connectivity index (χ0) is 19.3. The van der Waals surface area contributed by atoms with Gasteiger partial charge in [-0.15, -0.1) is 0 Å². The summed E-state index contributed by atoms with van der Waals surface area (Å²) in [7, 11) is -3.64. The largest absolute Gasteiger partial charge is 0.457 e. The summed E-state index contributed by atoms with van der Waals surface area (Å²) >= 11 is 0. The Morgan fingerprint density at radius 2 is 1.41 bits per heavy atom. The van der Waals surface area contributed by atoms with Crippen molar-refractivity contribution in [3.8, 4) is 11.5 Å². The second-order valence-electron chi connectivity index (χ2n) is 5.63. The Morgan fingerprint density at radius 3 is 1.96 bits per heavy atom. The lowest BCUT2D eigenvalue weighted by Gasteiger charge is -2.09. The first kappa shape index (κ1) is 18.6. The van der Waals surface area contributed by atoms with Gasteiger partial charge in [0.25, 0.3) is 5.69 Å². The van der Waals surface area contributed by atoms with Gasteiger partial charge in [-0.3, -0.25) is 10.1 Å². The topological polar surface area (TPSA) is 98.5 Å². The molecular formula is C19H16N2O5S. The maximum atomic E-state index is 12.4. The Balaban J connectivity index is 1.66. The summed E-state index contributed by atoms with van der Waals surface area (Å²) in [6.45, 7) is 0.199. The van der Waals surface area contributed by atoms with Crippen LogP contribution < -0.4 is 9.46 Å². The molecule has 0 aliphatic carbocycles. The molecule has 0 spiro atoms. The van der Waals surface area contributed by atoms with E-state index in [4.69, 9.17) is 4.74 Å². The maximum Gasteiger partial charge on any atom is 0.269 e. The van der Waals surface area contributed by atoms with Crippen LogP contribution in [0.4, 0.5) is 5.69 Å². The molecule has 0 saturated heterocycles. The highest BCUT2D eigenvalue weighted by Crippen LogP contribution is 2.25. The second-order valence-corrected chi connectivity index (χ2v) is 7.40. The molecule has 0 heterocycles. The summed E-state index contributed by atoms with van der Waals surface area (Å²) in [4.78, 5) is 10.3. The molecule has 7 nitrogen and oxygen atoms in total. The lowest BCUT2D eigenvalue weighted by atomic mass is 10.2. The first-order valence-corrected chi connectivity index (χ1v) is 9.48. The van der Waals surface area contributed by atoms with Crippen molar-refractivity contribution in [3.05, 3.63) is 94.5 Å². The normalized spacial score (nSPS) is 11.1. The van der Waals surface area contributed by atoms with Crippen molar-refractivity contribution in [3.63, 3.8) is 0 Å². The summed E-state index contributed by atoms with van der Waals surface area (Å²) < 4.78 is 32.8. The monoisotopic (exact) mass is 384 g/mol. The van der Waals surface area contributed by atoms with Crippen LogP contribution in [0.25, 0.3) is 0 Å². The van der Waals surface area contributed by atoms with E-state index in [1.165, 1.54) is 48.5 Å². The Bertz CT molecular complexity index is 1020. The number of nitrogens with one attached hydrogen (secondary N) is 1. The molecule has 8 heteroatoms. The summed E-state index contributed by atoms with van der Waals surface area (Å²) in [5.74, 6) is 0.837. The van der Waals surface area contributed by atoms with Crippen LogP contribution in [0, 0.1) is 10.1 Å². The van der Waals surface area contributed by atoms with E-state index in [0.29, 0.717) is 11.5 Å². The first-order valence-electron chi connectivity index (χ1n) is 8.00. The first-order chi connectivity index (χ1) is 12.9. The average molecular weight is 384 g/mol. The smallest absolute Gasteiger partial charge is 0.269 e. The van der Waals surface area contributed by atoms with Gasteiger partial charge in [0.05, 0.1) is 9.82 Å². The minimum absolute atomic E-state index is 0.0340. The summed E-state index contributed by atoms with van der Waals surface area (Å²) in [6, 6.07) is 20.8. The predicted octanol–water partition coefficient (Wildman–Crippen LogP) is 3.87. The van der Waals surface area contributed by atoms with Gasteiger partial charge in [0, 0.05) is 18.7 Å². The number of ether oxygens (including phenoxy) is 1. The molecule has 0 unspecified atom stereocenters. The van der Waals surface area contributed by atoms with Crippen LogP contribution in [0.1, 0.15) is 5.56 Å². The molecule has 0 aliphatic heterocycles. The molecule has 27 heavy (non-hydrogen) atoms. The SMILES string of the molecule is O=[N+]([O-])c1ccc(Oc2ccc(S(=O)(=O)NCc3ccccc3)cc2)cc1. The number of hydrogen-bond donors (Lipinski definition) is 1. The molecule has 0 bridgehead atoms. The maximum absolute atomic E-state index is 12.4. The molecular weight excluding hydrogens is 368 g/mol. The van der Waals surface area contributed by atoms with Crippen molar-refractivity contribution in [2.45, 2.75) is 11.4 Å². The van der Waals surface area contributed by atoms with Crippen LogP contribution in [0.15, 0.2) is 83.8 Å². The quantitative estimate of drug-likeness (QED) is 0.492. The Kier molecular flexibility index (Phi) is 5.49. The molecule has 0 radical (unpaired) electrons. The van der Waals surface area contributed by atoms with Gasteiger partial charge in [-0.2, -0.15) is 0 Å². The summed E-state index contributed by atoms with van der Waals surface area (Å²) in [5, 5.41) is 10.6. The number of nitro groups is 1. The van der Waals surface area contributed by atoms with E-state index in [0.717, 1.165) is 5.56 Å². The highest BCUT2D eigenvalue weighted by Gasteiger charge is 2.14. The predicted molar refractivity (Wildman–Crippen MR) is 100 cm³/mol. The Morgan fingerprint density at radius 1 is 0.852 bits per heavy atom. The third-order valence-corrected chi connectivity index (χ3v) is 5.14. The van der Waals surface area contributed by atoms with Crippen molar-refractivity contribution < 1.29 is 18.1 Å². The molecule has 0 aliphatic rings. The molecule has 138 valence electrons. The van der Waals surface area contributed by atoms with Crippen LogP contribution >= 0.6 is 0 Å². The standard InChI is InChI=1S/C19H16N2O5S/c22-21(23)16-6-8-17(9-7-16)26-18-10-12-19(13-11-18)27(24,25)20-14-15-4-2-1-3-5-15/h1-13,20H,14H2. The number of hydrogen-bond acceptors (Lipinski definition) is 5. The van der Waals surface area contributed by atoms with Gasteiger partial charge < -0.3 is 4.74 Å². The fourth-order valence-corrected chi connectivity index (χ4v) is 3.33. The van der Waals surface area contributed by atoms with E-state index in [1.807, 2.05) is 30.3 Å². The van der Waals surface area contributed by atoms with Crippen LogP contribution in [-0.4, -0.2) is 13.3 Å².